The highest BCUT2D eigenvalue weighted by molar-refractivity contribution is 6.46. The number of hydrogen-bond donors (Lipinski definition) is 2. The van der Waals surface area contributed by atoms with Crippen LogP contribution in [0.4, 0.5) is 0 Å². The first-order valence-electron chi connectivity index (χ1n) is 12.6. The number of ether oxygens (including phenoxy) is 2. The molecule has 3 aromatic rings. The minimum Gasteiger partial charge on any atom is -0.507 e. The molecule has 1 fully saturated rings. The average Bonchev–Trinajstić information content (AvgIpc) is 3.40. The Morgan fingerprint density at radius 2 is 1.81 bits per heavy atom. The number of para-hydroxylation sites is 1. The second kappa shape index (κ2) is 11.4. The Morgan fingerprint density at radius 1 is 1.06 bits per heavy atom. The molecule has 4 rings (SSSR count). The Morgan fingerprint density at radius 3 is 2.53 bits per heavy atom. The summed E-state index contributed by atoms with van der Waals surface area (Å²) in [6.45, 7) is 7.12. The fourth-order valence-corrected chi connectivity index (χ4v) is 4.55. The molecule has 2 N–H and O–H groups in total. The van der Waals surface area contributed by atoms with Gasteiger partial charge in [-0.3, -0.25) is 9.59 Å². The van der Waals surface area contributed by atoms with Crippen LogP contribution in [0.15, 0.2) is 60.3 Å². The van der Waals surface area contributed by atoms with Gasteiger partial charge < -0.3 is 24.5 Å². The Kier molecular flexibility index (Phi) is 8.10. The summed E-state index contributed by atoms with van der Waals surface area (Å²) >= 11 is 0. The highest BCUT2D eigenvalue weighted by Gasteiger charge is 2.46. The first-order valence-corrected chi connectivity index (χ1v) is 12.6. The van der Waals surface area contributed by atoms with Crippen molar-refractivity contribution >= 4 is 28.4 Å². The van der Waals surface area contributed by atoms with Gasteiger partial charge in [0.2, 0.25) is 0 Å². The smallest absolute Gasteiger partial charge is 0.295 e. The molecule has 0 bridgehead atoms. The number of nitrogens with zero attached hydrogens (tertiary/aromatic N) is 1. The normalized spacial score (nSPS) is 17.4. The number of aliphatic hydroxyl groups excluding tert-OH is 1. The van der Waals surface area contributed by atoms with Gasteiger partial charge >= 0.3 is 0 Å². The van der Waals surface area contributed by atoms with E-state index in [1.807, 2.05) is 38.1 Å². The van der Waals surface area contributed by atoms with Crippen molar-refractivity contribution in [2.75, 3.05) is 19.8 Å². The predicted molar refractivity (Wildman–Crippen MR) is 140 cm³/mol. The molecule has 1 unspecified atom stereocenters. The van der Waals surface area contributed by atoms with E-state index in [9.17, 15) is 14.7 Å². The molecule has 2 heterocycles. The average molecular weight is 491 g/mol. The van der Waals surface area contributed by atoms with Crippen LogP contribution < -0.4 is 4.74 Å². The minimum atomic E-state index is -0.734. The quantitative estimate of drug-likeness (QED) is 0.158. The number of aromatic nitrogens is 1. The fraction of sp³-hybridized carbons (Fsp3) is 0.379. The molecule has 2 aromatic carbocycles. The second-order valence-electron chi connectivity index (χ2n) is 9.28. The van der Waals surface area contributed by atoms with Gasteiger partial charge in [-0.05, 0) is 50.6 Å². The van der Waals surface area contributed by atoms with E-state index in [4.69, 9.17) is 9.47 Å². The van der Waals surface area contributed by atoms with Crippen molar-refractivity contribution < 1.29 is 24.2 Å². The van der Waals surface area contributed by atoms with E-state index in [0.717, 1.165) is 35.7 Å². The van der Waals surface area contributed by atoms with Crippen LogP contribution in [-0.2, 0) is 14.3 Å². The summed E-state index contributed by atoms with van der Waals surface area (Å²) in [7, 11) is 0. The number of Topliss-reactive ketones (excluding diaryl/α,β-unsaturated/α-hetero) is 1. The van der Waals surface area contributed by atoms with E-state index in [-0.39, 0.29) is 30.6 Å². The molecule has 0 aliphatic carbocycles. The number of aliphatic hydroxyl groups is 1. The lowest BCUT2D eigenvalue weighted by Crippen LogP contribution is -2.33. The molecular formula is C29H34N2O5. The highest BCUT2D eigenvalue weighted by atomic mass is 16.5. The number of H-pyrrole nitrogens is 1. The van der Waals surface area contributed by atoms with Crippen LogP contribution in [0.2, 0.25) is 0 Å². The van der Waals surface area contributed by atoms with E-state index < -0.39 is 17.7 Å². The summed E-state index contributed by atoms with van der Waals surface area (Å²) in [4.78, 5) is 31.1. The van der Waals surface area contributed by atoms with Gasteiger partial charge in [0.15, 0.2) is 0 Å². The largest absolute Gasteiger partial charge is 0.507 e. The van der Waals surface area contributed by atoms with E-state index in [2.05, 4.69) is 11.9 Å². The first kappa shape index (κ1) is 25.5. The molecule has 0 saturated carbocycles. The topological polar surface area (TPSA) is 91.9 Å². The monoisotopic (exact) mass is 490 g/mol. The number of ketones is 1. The number of unbranched alkanes of at least 4 members (excludes halogenated alkanes) is 2. The molecule has 1 atom stereocenters. The van der Waals surface area contributed by atoms with Gasteiger partial charge in [0, 0.05) is 34.8 Å². The molecule has 7 nitrogen and oxygen atoms in total. The first-order chi connectivity index (χ1) is 17.4. The van der Waals surface area contributed by atoms with Gasteiger partial charge in [0.05, 0.1) is 30.9 Å². The zero-order chi connectivity index (χ0) is 25.7. The van der Waals surface area contributed by atoms with Crippen molar-refractivity contribution in [2.24, 2.45) is 0 Å². The number of nitrogens with one attached hydrogen (secondary N) is 1. The van der Waals surface area contributed by atoms with Gasteiger partial charge in [0.25, 0.3) is 11.7 Å². The third-order valence-electron chi connectivity index (χ3n) is 6.38. The number of carbonyl (C=O) groups excluding carboxylic acids is 2. The molecule has 1 aromatic heterocycles. The van der Waals surface area contributed by atoms with Gasteiger partial charge in [-0.2, -0.15) is 0 Å². The van der Waals surface area contributed by atoms with Crippen LogP contribution in [-0.4, -0.2) is 52.5 Å². The Bertz CT molecular complexity index is 1240. The fourth-order valence-electron chi connectivity index (χ4n) is 4.55. The third kappa shape index (κ3) is 5.31. The molecule has 0 spiro atoms. The maximum atomic E-state index is 13.3. The van der Waals surface area contributed by atoms with Crippen LogP contribution in [0.25, 0.3) is 16.7 Å². The zero-order valence-electron chi connectivity index (χ0n) is 21.1. The Labute approximate surface area is 211 Å². The highest BCUT2D eigenvalue weighted by Crippen LogP contribution is 2.41. The summed E-state index contributed by atoms with van der Waals surface area (Å²) < 4.78 is 11.4. The molecule has 7 heteroatoms. The second-order valence-corrected chi connectivity index (χ2v) is 9.28. The van der Waals surface area contributed by atoms with Crippen molar-refractivity contribution in [3.8, 4) is 5.75 Å². The van der Waals surface area contributed by atoms with Crippen molar-refractivity contribution in [3.05, 3.63) is 71.4 Å². The molecule has 1 amide bonds. The number of fused-ring (bicyclic) bond motifs is 1. The molecule has 36 heavy (non-hydrogen) atoms. The summed E-state index contributed by atoms with van der Waals surface area (Å²) in [5.74, 6) is -0.849. The zero-order valence-corrected chi connectivity index (χ0v) is 21.1. The summed E-state index contributed by atoms with van der Waals surface area (Å²) in [5.41, 5.74) is 2.18. The maximum absolute atomic E-state index is 13.3. The summed E-state index contributed by atoms with van der Waals surface area (Å²) in [5, 5.41) is 12.2. The number of benzene rings is 2. The molecule has 1 aliphatic rings. The number of carbonyl (C=O) groups is 2. The Balaban J connectivity index is 1.71. The van der Waals surface area contributed by atoms with Gasteiger partial charge in [-0.1, -0.05) is 38.0 Å². The number of hydrogen-bond acceptors (Lipinski definition) is 5. The number of likely N-dealkylation sites (tertiary alicyclic amines) is 1. The lowest BCUT2D eigenvalue weighted by molar-refractivity contribution is -0.140. The summed E-state index contributed by atoms with van der Waals surface area (Å²) in [6, 6.07) is 13.9. The van der Waals surface area contributed by atoms with E-state index in [1.54, 1.807) is 30.5 Å². The maximum Gasteiger partial charge on any atom is 0.295 e. The van der Waals surface area contributed by atoms with Crippen molar-refractivity contribution in [1.82, 2.24) is 9.88 Å². The van der Waals surface area contributed by atoms with Crippen LogP contribution in [0.3, 0.4) is 0 Å². The third-order valence-corrected chi connectivity index (χ3v) is 6.38. The minimum absolute atomic E-state index is 0.00364. The predicted octanol–water partition coefficient (Wildman–Crippen LogP) is 5.58. The van der Waals surface area contributed by atoms with Crippen LogP contribution in [0, 0.1) is 0 Å². The SMILES string of the molecule is CCCCCOc1ccc(/C(O)=C2\C(=O)C(=O)N(CCOC(C)C)C2c2c[nH]c3ccccc23)cc1. The van der Waals surface area contributed by atoms with Gasteiger partial charge in [-0.15, -0.1) is 0 Å². The van der Waals surface area contributed by atoms with Crippen LogP contribution in [0.5, 0.6) is 5.75 Å². The molecular weight excluding hydrogens is 456 g/mol. The molecule has 0 radical (unpaired) electrons. The number of aromatic amines is 1. The van der Waals surface area contributed by atoms with Crippen LogP contribution >= 0.6 is 0 Å². The number of amides is 1. The molecule has 1 aliphatic heterocycles. The van der Waals surface area contributed by atoms with E-state index in [0.29, 0.717) is 17.9 Å². The Hall–Kier alpha value is -3.58. The lowest BCUT2D eigenvalue weighted by atomic mass is 9.95. The van der Waals surface area contributed by atoms with Crippen molar-refractivity contribution in [2.45, 2.75) is 52.2 Å². The van der Waals surface area contributed by atoms with Gasteiger partial charge in [0.1, 0.15) is 11.5 Å². The van der Waals surface area contributed by atoms with Gasteiger partial charge in [-0.25, -0.2) is 0 Å². The van der Waals surface area contributed by atoms with E-state index >= 15 is 0 Å². The lowest BCUT2D eigenvalue weighted by Gasteiger charge is -2.25. The standard InChI is InChI=1S/C29H34N2O5/c1-4-5-8-16-36-21-13-11-20(12-14-21)27(32)25-26(23-18-30-24-10-7-6-9-22(23)24)31(29(34)28(25)33)15-17-35-19(2)3/h6-7,9-14,18-19,26,30,32H,4-5,8,15-17H2,1-3H3/b27-25+. The number of rotatable bonds is 11. The summed E-state index contributed by atoms with van der Waals surface area (Å²) in [6.07, 6.45) is 5.00. The van der Waals surface area contributed by atoms with Crippen molar-refractivity contribution in [3.63, 3.8) is 0 Å². The van der Waals surface area contributed by atoms with E-state index in [1.165, 1.54) is 4.90 Å². The molecule has 1 saturated heterocycles. The van der Waals surface area contributed by atoms with Crippen molar-refractivity contribution in [1.29, 1.82) is 0 Å². The van der Waals surface area contributed by atoms with Crippen LogP contribution in [0.1, 0.15) is 57.2 Å². The molecule has 190 valence electrons.